The number of primary amides is 1. The van der Waals surface area contributed by atoms with Crippen LogP contribution in [0.4, 0.5) is 0 Å². The summed E-state index contributed by atoms with van der Waals surface area (Å²) in [4.78, 5) is 15.8. The minimum Gasteiger partial charge on any atom is -0.368 e. The second kappa shape index (κ2) is 6.07. The van der Waals surface area contributed by atoms with Crippen molar-refractivity contribution < 1.29 is 4.79 Å². The van der Waals surface area contributed by atoms with Crippen LogP contribution in [0.15, 0.2) is 30.5 Å². The topological polar surface area (TPSA) is 72.9 Å². The van der Waals surface area contributed by atoms with Gasteiger partial charge in [0.1, 0.15) is 11.9 Å². The molecule has 20 heavy (non-hydrogen) atoms. The molecule has 0 radical (unpaired) electrons. The van der Waals surface area contributed by atoms with Gasteiger partial charge in [-0.3, -0.25) is 10.1 Å². The summed E-state index contributed by atoms with van der Waals surface area (Å²) in [5.74, 6) is 0.495. The number of nitrogens with two attached hydrogens (primary N) is 1. The first-order chi connectivity index (χ1) is 9.49. The molecule has 6 heteroatoms. The Morgan fingerprint density at radius 1 is 1.45 bits per heavy atom. The number of rotatable bonds is 5. The van der Waals surface area contributed by atoms with Crippen LogP contribution in [-0.2, 0) is 18.4 Å². The zero-order chi connectivity index (χ0) is 14.7. The van der Waals surface area contributed by atoms with Gasteiger partial charge in [-0.1, -0.05) is 23.7 Å². The van der Waals surface area contributed by atoms with E-state index in [2.05, 4.69) is 10.3 Å². The molecule has 0 aliphatic carbocycles. The molecule has 0 saturated heterocycles. The van der Waals surface area contributed by atoms with Crippen molar-refractivity contribution in [2.24, 2.45) is 12.8 Å². The third-order valence-corrected chi connectivity index (χ3v) is 3.54. The van der Waals surface area contributed by atoms with Gasteiger partial charge in [0.2, 0.25) is 5.91 Å². The van der Waals surface area contributed by atoms with Gasteiger partial charge in [0.15, 0.2) is 0 Å². The molecule has 0 saturated carbocycles. The van der Waals surface area contributed by atoms with Crippen LogP contribution in [0.25, 0.3) is 0 Å². The molecule has 0 fully saturated rings. The van der Waals surface area contributed by atoms with Gasteiger partial charge >= 0.3 is 0 Å². The van der Waals surface area contributed by atoms with Gasteiger partial charge in [0, 0.05) is 24.8 Å². The summed E-state index contributed by atoms with van der Waals surface area (Å²) in [5.41, 5.74) is 7.24. The summed E-state index contributed by atoms with van der Waals surface area (Å²) >= 11 is 5.84. The average Bonchev–Trinajstić information content (AvgIpc) is 2.72. The van der Waals surface area contributed by atoms with Crippen LogP contribution in [-0.4, -0.2) is 15.5 Å². The Morgan fingerprint density at radius 2 is 2.10 bits per heavy atom. The first-order valence-corrected chi connectivity index (χ1v) is 6.62. The number of nitrogens with zero attached hydrogens (tertiary/aromatic N) is 2. The summed E-state index contributed by atoms with van der Waals surface area (Å²) < 4.78 is 1.97. The number of carbonyl (C=O) groups is 1. The highest BCUT2D eigenvalue weighted by molar-refractivity contribution is 6.30. The number of hydrogen-bond acceptors (Lipinski definition) is 3. The van der Waals surface area contributed by atoms with E-state index in [4.69, 9.17) is 17.3 Å². The lowest BCUT2D eigenvalue weighted by atomic mass is 10.1. The summed E-state index contributed by atoms with van der Waals surface area (Å²) in [5, 5.41) is 3.77. The lowest BCUT2D eigenvalue weighted by Gasteiger charge is -2.16. The molecule has 1 aromatic carbocycles. The van der Waals surface area contributed by atoms with E-state index in [-0.39, 0.29) is 0 Å². The highest BCUT2D eigenvalue weighted by atomic mass is 35.5. The first-order valence-electron chi connectivity index (χ1n) is 6.24. The quantitative estimate of drug-likeness (QED) is 0.881. The largest absolute Gasteiger partial charge is 0.368 e. The number of carbonyl (C=O) groups excluding carboxylic acids is 1. The molecule has 5 nitrogen and oxygen atoms in total. The molecule has 1 aromatic heterocycles. The van der Waals surface area contributed by atoms with Crippen molar-refractivity contribution in [3.8, 4) is 0 Å². The Hall–Kier alpha value is -1.85. The zero-order valence-electron chi connectivity index (χ0n) is 11.4. The molecule has 0 aliphatic rings. The van der Waals surface area contributed by atoms with Gasteiger partial charge in [-0.15, -0.1) is 0 Å². The third-order valence-electron chi connectivity index (χ3n) is 3.29. The van der Waals surface area contributed by atoms with Crippen molar-refractivity contribution >= 4 is 17.5 Å². The Morgan fingerprint density at radius 3 is 2.60 bits per heavy atom. The fraction of sp³-hybridized carbons (Fsp3) is 0.286. The number of aryl methyl sites for hydroxylation is 1. The van der Waals surface area contributed by atoms with E-state index < -0.39 is 11.9 Å². The number of aromatic nitrogens is 2. The molecule has 0 bridgehead atoms. The predicted molar refractivity (Wildman–Crippen MR) is 78.2 cm³/mol. The van der Waals surface area contributed by atoms with Gasteiger partial charge in [-0.05, 0) is 24.6 Å². The fourth-order valence-electron chi connectivity index (χ4n) is 1.96. The average molecular weight is 293 g/mol. The maximum absolute atomic E-state index is 11.6. The Balaban J connectivity index is 2.12. The van der Waals surface area contributed by atoms with Gasteiger partial charge in [0.25, 0.3) is 0 Å². The first kappa shape index (κ1) is 14.6. The highest BCUT2D eigenvalue weighted by Crippen LogP contribution is 2.17. The van der Waals surface area contributed by atoms with Crippen LogP contribution >= 0.6 is 11.6 Å². The maximum atomic E-state index is 11.6. The van der Waals surface area contributed by atoms with Gasteiger partial charge in [-0.2, -0.15) is 0 Å². The van der Waals surface area contributed by atoms with Crippen LogP contribution in [0.1, 0.15) is 23.1 Å². The minimum atomic E-state index is -0.553. The van der Waals surface area contributed by atoms with Gasteiger partial charge in [-0.25, -0.2) is 4.98 Å². The zero-order valence-corrected chi connectivity index (χ0v) is 12.2. The summed E-state index contributed by atoms with van der Waals surface area (Å²) in [6.07, 6.45) is 1.78. The van der Waals surface area contributed by atoms with Crippen molar-refractivity contribution in [2.45, 2.75) is 19.5 Å². The van der Waals surface area contributed by atoms with Crippen LogP contribution < -0.4 is 11.1 Å². The highest BCUT2D eigenvalue weighted by Gasteiger charge is 2.17. The second-order valence-corrected chi connectivity index (χ2v) is 5.06. The molecule has 1 unspecified atom stereocenters. The number of nitrogens with one attached hydrogen (secondary N) is 1. The summed E-state index contributed by atoms with van der Waals surface area (Å²) in [6, 6.07) is 6.51. The van der Waals surface area contributed by atoms with Crippen molar-refractivity contribution in [1.82, 2.24) is 14.9 Å². The SMILES string of the molecule is Cc1ncc(CNC(C(N)=O)c2ccc(Cl)cc2)n1C. The van der Waals surface area contributed by atoms with E-state index in [0.717, 1.165) is 17.1 Å². The maximum Gasteiger partial charge on any atom is 0.239 e. The number of amides is 1. The van der Waals surface area contributed by atoms with E-state index in [1.807, 2.05) is 18.5 Å². The smallest absolute Gasteiger partial charge is 0.239 e. The molecule has 3 N–H and O–H groups in total. The van der Waals surface area contributed by atoms with Gasteiger partial charge in [0.05, 0.1) is 5.69 Å². The lowest BCUT2D eigenvalue weighted by Crippen LogP contribution is -2.33. The van der Waals surface area contributed by atoms with Crippen molar-refractivity contribution in [1.29, 1.82) is 0 Å². The van der Waals surface area contributed by atoms with Crippen LogP contribution in [0.2, 0.25) is 5.02 Å². The van der Waals surface area contributed by atoms with E-state index in [1.54, 1.807) is 30.5 Å². The molecule has 0 aliphatic heterocycles. The second-order valence-electron chi connectivity index (χ2n) is 4.62. The minimum absolute atomic E-state index is 0.425. The van der Waals surface area contributed by atoms with Crippen molar-refractivity contribution in [2.75, 3.05) is 0 Å². The van der Waals surface area contributed by atoms with E-state index in [0.29, 0.717) is 11.6 Å². The Kier molecular flexibility index (Phi) is 4.42. The van der Waals surface area contributed by atoms with Gasteiger partial charge < -0.3 is 10.3 Å². The third kappa shape index (κ3) is 3.18. The molecular formula is C14H17ClN4O. The van der Waals surface area contributed by atoms with Crippen molar-refractivity contribution in [3.63, 3.8) is 0 Å². The molecule has 1 heterocycles. The molecule has 106 valence electrons. The molecular weight excluding hydrogens is 276 g/mol. The van der Waals surface area contributed by atoms with Crippen LogP contribution in [0.3, 0.4) is 0 Å². The van der Waals surface area contributed by atoms with Crippen LogP contribution in [0.5, 0.6) is 0 Å². The lowest BCUT2D eigenvalue weighted by molar-refractivity contribution is -0.120. The predicted octanol–water partition coefficient (Wildman–Crippen LogP) is 1.70. The molecule has 1 atom stereocenters. The normalized spacial score (nSPS) is 12.3. The van der Waals surface area contributed by atoms with E-state index in [1.165, 1.54) is 0 Å². The van der Waals surface area contributed by atoms with Crippen LogP contribution in [0, 0.1) is 6.92 Å². The molecule has 1 amide bonds. The number of hydrogen-bond donors (Lipinski definition) is 2. The van der Waals surface area contributed by atoms with Crippen molar-refractivity contribution in [3.05, 3.63) is 52.6 Å². The fourth-order valence-corrected chi connectivity index (χ4v) is 2.08. The molecule has 0 spiro atoms. The Bertz CT molecular complexity index is 606. The number of imidazole rings is 1. The monoisotopic (exact) mass is 292 g/mol. The summed E-state index contributed by atoms with van der Waals surface area (Å²) in [6.45, 7) is 2.43. The molecule has 2 aromatic rings. The number of halogens is 1. The number of benzene rings is 1. The van der Waals surface area contributed by atoms with E-state index >= 15 is 0 Å². The van der Waals surface area contributed by atoms with E-state index in [9.17, 15) is 4.79 Å². The summed E-state index contributed by atoms with van der Waals surface area (Å²) in [7, 11) is 1.93. The molecule has 2 rings (SSSR count). The standard InChI is InChI=1S/C14H17ClN4O/c1-9-17-7-12(19(9)2)8-18-13(14(16)20)10-3-5-11(15)6-4-10/h3-7,13,18H,8H2,1-2H3,(H2,16,20). The Labute approximate surface area is 122 Å².